The summed E-state index contributed by atoms with van der Waals surface area (Å²) in [6.45, 7) is 0.0764. The number of aromatic nitrogens is 1. The van der Waals surface area contributed by atoms with Crippen molar-refractivity contribution in [1.29, 1.82) is 0 Å². The number of amides is 1. The number of rotatable bonds is 6. The van der Waals surface area contributed by atoms with Crippen LogP contribution in [0.4, 0.5) is 0 Å². The van der Waals surface area contributed by atoms with Crippen molar-refractivity contribution in [3.63, 3.8) is 0 Å². The summed E-state index contributed by atoms with van der Waals surface area (Å²) in [4.78, 5) is 23.7. The van der Waals surface area contributed by atoms with Crippen LogP contribution in [0.2, 0.25) is 0 Å². The molecule has 0 fully saturated rings. The zero-order chi connectivity index (χ0) is 22.2. The number of fused-ring (bicyclic) bond motifs is 4. The third-order valence-electron chi connectivity index (χ3n) is 5.64. The molecule has 1 aromatic heterocycles. The van der Waals surface area contributed by atoms with E-state index < -0.39 is 18.5 Å². The maximum Gasteiger partial charge on any atom is 0.341 e. The quantitative estimate of drug-likeness (QED) is 0.382. The summed E-state index contributed by atoms with van der Waals surface area (Å²) in [7, 11) is 0. The van der Waals surface area contributed by atoms with Crippen molar-refractivity contribution < 1.29 is 19.4 Å². The molecule has 0 aliphatic carbocycles. The smallest absolute Gasteiger partial charge is 0.341 e. The second kappa shape index (κ2) is 9.27. The third-order valence-corrected chi connectivity index (χ3v) is 5.64. The number of hydrogen-bond acceptors (Lipinski definition) is 3. The molecule has 1 heterocycles. The third kappa shape index (κ3) is 4.09. The van der Waals surface area contributed by atoms with E-state index in [1.54, 1.807) is 12.1 Å². The number of benzene rings is 4. The van der Waals surface area contributed by atoms with Crippen molar-refractivity contribution in [2.45, 2.75) is 6.54 Å². The molecule has 0 spiro atoms. The maximum atomic E-state index is 12.3. The van der Waals surface area contributed by atoms with Crippen LogP contribution >= 0.6 is 0 Å². The minimum absolute atomic E-state index is 0. The first kappa shape index (κ1) is 22.9. The molecule has 0 unspecified atom stereocenters. The van der Waals surface area contributed by atoms with E-state index in [9.17, 15) is 14.7 Å². The molecule has 1 radical (unpaired) electrons. The van der Waals surface area contributed by atoms with Gasteiger partial charge in [-0.3, -0.25) is 4.79 Å². The number of carbonyl (C=O) groups is 2. The first-order valence-corrected chi connectivity index (χ1v) is 10.2. The number of ether oxygens (including phenoxy) is 1. The van der Waals surface area contributed by atoms with E-state index in [0.29, 0.717) is 28.6 Å². The van der Waals surface area contributed by atoms with Gasteiger partial charge in [-0.25, -0.2) is 4.79 Å². The van der Waals surface area contributed by atoms with Crippen molar-refractivity contribution in [2.24, 2.45) is 5.73 Å². The van der Waals surface area contributed by atoms with Crippen LogP contribution in [0.15, 0.2) is 78.9 Å². The van der Waals surface area contributed by atoms with Crippen LogP contribution in [0.25, 0.3) is 32.6 Å². The zero-order valence-electron chi connectivity index (χ0n) is 18.1. The van der Waals surface area contributed by atoms with Crippen LogP contribution in [0.5, 0.6) is 5.75 Å². The van der Waals surface area contributed by atoms with Gasteiger partial charge < -0.3 is 20.1 Å². The Morgan fingerprint density at radius 1 is 0.879 bits per heavy atom. The largest absolute Gasteiger partial charge is 0.481 e. The molecule has 7 heteroatoms. The van der Waals surface area contributed by atoms with Gasteiger partial charge in [-0.2, -0.15) is 0 Å². The monoisotopic (exact) mass is 447 g/mol. The molecule has 1 amide bonds. The summed E-state index contributed by atoms with van der Waals surface area (Å²) in [6, 6.07) is 25.1. The molecular weight excluding hydrogens is 427 g/mol. The summed E-state index contributed by atoms with van der Waals surface area (Å²) >= 11 is 0. The van der Waals surface area contributed by atoms with E-state index in [1.807, 2.05) is 66.7 Å². The Bertz CT molecular complexity index is 1510. The molecule has 5 aromatic rings. The Hall–Kier alpha value is -3.32. The molecule has 0 atom stereocenters. The summed E-state index contributed by atoms with van der Waals surface area (Å²) in [6.07, 6.45) is 0. The number of nitrogens with two attached hydrogens (primary N) is 1. The number of nitrogens with zero attached hydrogens (tertiary/aromatic N) is 1. The van der Waals surface area contributed by atoms with Gasteiger partial charge in [0.15, 0.2) is 6.61 Å². The number of hydrogen-bond donors (Lipinski definition) is 2. The summed E-state index contributed by atoms with van der Waals surface area (Å²) in [5, 5.41) is 12.3. The van der Waals surface area contributed by atoms with Gasteiger partial charge in [0.25, 0.3) is 0 Å². The molecule has 0 aliphatic rings. The topological polar surface area (TPSA) is 94.6 Å². The second-order valence-electron chi connectivity index (χ2n) is 7.64. The molecule has 0 saturated carbocycles. The summed E-state index contributed by atoms with van der Waals surface area (Å²) < 4.78 is 7.95. The Balaban J connectivity index is 0.00000259. The van der Waals surface area contributed by atoms with Gasteiger partial charge in [0.1, 0.15) is 5.75 Å². The predicted octanol–water partition coefficient (Wildman–Crippen LogP) is 4.18. The summed E-state index contributed by atoms with van der Waals surface area (Å²) in [5.74, 6) is -1.19. The van der Waals surface area contributed by atoms with Crippen molar-refractivity contribution >= 4 is 74.0 Å². The molecule has 0 saturated heterocycles. The van der Waals surface area contributed by atoms with Crippen LogP contribution in [0.3, 0.4) is 0 Å². The first-order chi connectivity index (χ1) is 15.5. The number of carbonyl (C=O) groups excluding carboxylic acids is 1. The molecule has 4 aromatic carbocycles. The Labute approximate surface area is 211 Å². The van der Waals surface area contributed by atoms with Crippen LogP contribution < -0.4 is 10.5 Å². The SMILES string of the molecule is NC(=O)c1cccc2c1c1c(OCC(=O)O)c3ccccc3cc1n2Cc1ccccc1.[Na]. The molecule has 33 heavy (non-hydrogen) atoms. The van der Waals surface area contributed by atoms with E-state index in [0.717, 1.165) is 27.4 Å². The van der Waals surface area contributed by atoms with E-state index in [-0.39, 0.29) is 29.6 Å². The molecule has 5 rings (SSSR count). The number of carboxylic acid groups (broad SMARTS) is 1. The van der Waals surface area contributed by atoms with Gasteiger partial charge in [-0.1, -0.05) is 60.7 Å². The minimum atomic E-state index is -1.07. The fourth-order valence-electron chi connectivity index (χ4n) is 4.34. The van der Waals surface area contributed by atoms with Crippen molar-refractivity contribution in [3.05, 3.63) is 90.0 Å². The molecule has 159 valence electrons. The van der Waals surface area contributed by atoms with Crippen molar-refractivity contribution in [2.75, 3.05) is 6.61 Å². The molecule has 0 aliphatic heterocycles. The zero-order valence-corrected chi connectivity index (χ0v) is 20.1. The Kier molecular flexibility index (Phi) is 6.42. The van der Waals surface area contributed by atoms with Gasteiger partial charge in [0.05, 0.1) is 16.4 Å². The predicted molar refractivity (Wildman–Crippen MR) is 130 cm³/mol. The Morgan fingerprint density at radius 3 is 2.33 bits per heavy atom. The van der Waals surface area contributed by atoms with Gasteiger partial charge in [0.2, 0.25) is 5.91 Å². The van der Waals surface area contributed by atoms with Gasteiger partial charge in [-0.15, -0.1) is 0 Å². The first-order valence-electron chi connectivity index (χ1n) is 10.2. The van der Waals surface area contributed by atoms with E-state index in [1.165, 1.54) is 0 Å². The molecule has 0 bridgehead atoms. The average molecular weight is 447 g/mol. The fraction of sp³-hybridized carbons (Fsp3) is 0.0769. The van der Waals surface area contributed by atoms with Crippen LogP contribution in [-0.4, -0.2) is 57.7 Å². The van der Waals surface area contributed by atoms with Crippen LogP contribution in [-0.2, 0) is 11.3 Å². The molecular formula is C26H20N2NaO4. The Morgan fingerprint density at radius 2 is 1.61 bits per heavy atom. The molecule has 6 nitrogen and oxygen atoms in total. The van der Waals surface area contributed by atoms with Crippen molar-refractivity contribution in [1.82, 2.24) is 4.57 Å². The van der Waals surface area contributed by atoms with Gasteiger partial charge in [-0.05, 0) is 29.1 Å². The van der Waals surface area contributed by atoms with Gasteiger partial charge in [0, 0.05) is 52.4 Å². The van der Waals surface area contributed by atoms with E-state index in [2.05, 4.69) is 4.57 Å². The minimum Gasteiger partial charge on any atom is -0.481 e. The standard InChI is InChI=1S/C26H20N2O4.Na/c27-26(31)19-11-6-12-20-23(19)24-21(28(20)14-16-7-2-1-3-8-16)13-17-9-4-5-10-18(17)25(24)32-15-22(29)30;/h1-13H,14-15H2,(H2,27,31)(H,29,30);. The second-order valence-corrected chi connectivity index (χ2v) is 7.64. The number of carboxylic acids is 1. The normalized spacial score (nSPS) is 10.9. The van der Waals surface area contributed by atoms with Gasteiger partial charge >= 0.3 is 5.97 Å². The number of primary amides is 1. The van der Waals surface area contributed by atoms with E-state index in [4.69, 9.17) is 10.5 Å². The summed E-state index contributed by atoms with van der Waals surface area (Å²) in [5.41, 5.74) is 8.87. The maximum absolute atomic E-state index is 12.3. The van der Waals surface area contributed by atoms with Crippen LogP contribution in [0.1, 0.15) is 15.9 Å². The number of aliphatic carboxylic acids is 1. The van der Waals surface area contributed by atoms with Crippen LogP contribution in [0, 0.1) is 0 Å². The molecule has 3 N–H and O–H groups in total. The fourth-order valence-corrected chi connectivity index (χ4v) is 4.34. The van der Waals surface area contributed by atoms with Crippen molar-refractivity contribution in [3.8, 4) is 5.75 Å². The van der Waals surface area contributed by atoms with E-state index >= 15 is 0 Å². The average Bonchev–Trinajstić information content (AvgIpc) is 3.10.